The van der Waals surface area contributed by atoms with E-state index in [4.69, 9.17) is 0 Å². The number of aliphatic carboxylic acids is 1. The van der Waals surface area contributed by atoms with Gasteiger partial charge in [0.1, 0.15) is 6.04 Å². The van der Waals surface area contributed by atoms with Gasteiger partial charge < -0.3 is 15.0 Å². The minimum Gasteiger partial charge on any atom is -0.480 e. The van der Waals surface area contributed by atoms with E-state index in [0.29, 0.717) is 0 Å². The second-order valence-electron chi connectivity index (χ2n) is 5.59. The van der Waals surface area contributed by atoms with Crippen LogP contribution >= 0.6 is 0 Å². The number of amides is 1. The highest BCUT2D eigenvalue weighted by atomic mass is 16.4. The van der Waals surface area contributed by atoms with E-state index in [-0.39, 0.29) is 12.3 Å². The summed E-state index contributed by atoms with van der Waals surface area (Å²) in [5.74, 6) is -1.31. The summed E-state index contributed by atoms with van der Waals surface area (Å²) in [6, 6.07) is 6.81. The number of fused-ring (bicyclic) bond motifs is 1. The number of nitrogens with one attached hydrogen (secondary N) is 1. The number of allylic oxidation sites excluding steroid dienone is 1. The molecule has 1 heterocycles. The lowest BCUT2D eigenvalue weighted by Crippen LogP contribution is -2.43. The summed E-state index contributed by atoms with van der Waals surface area (Å²) in [6.45, 7) is 3.61. The van der Waals surface area contributed by atoms with Gasteiger partial charge in [-0.2, -0.15) is 0 Å². The molecule has 1 atom stereocenters. The normalized spacial score (nSPS) is 12.0. The van der Waals surface area contributed by atoms with E-state index in [9.17, 15) is 14.7 Å². The molecule has 0 fully saturated rings. The zero-order valence-corrected chi connectivity index (χ0v) is 13.0. The number of carbonyl (C=O) groups excluding carboxylic acids is 1. The van der Waals surface area contributed by atoms with Gasteiger partial charge in [0, 0.05) is 36.6 Å². The van der Waals surface area contributed by atoms with Crippen molar-refractivity contribution in [2.24, 2.45) is 0 Å². The van der Waals surface area contributed by atoms with E-state index in [0.717, 1.165) is 22.0 Å². The molecule has 22 heavy (non-hydrogen) atoms. The Kier molecular flexibility index (Phi) is 4.65. The van der Waals surface area contributed by atoms with Crippen LogP contribution in [0.1, 0.15) is 19.4 Å². The summed E-state index contributed by atoms with van der Waals surface area (Å²) >= 11 is 0. The molecule has 0 unspecified atom stereocenters. The van der Waals surface area contributed by atoms with E-state index >= 15 is 0 Å². The molecule has 0 radical (unpaired) electrons. The zero-order chi connectivity index (χ0) is 16.3. The summed E-state index contributed by atoms with van der Waals surface area (Å²) in [4.78, 5) is 28.0. The van der Waals surface area contributed by atoms with Crippen LogP contribution < -0.4 is 0 Å². The van der Waals surface area contributed by atoms with Crippen molar-refractivity contribution in [2.75, 3.05) is 7.05 Å². The largest absolute Gasteiger partial charge is 0.480 e. The van der Waals surface area contributed by atoms with Crippen molar-refractivity contribution in [2.45, 2.75) is 26.3 Å². The number of rotatable bonds is 5. The number of aromatic amines is 1. The summed E-state index contributed by atoms with van der Waals surface area (Å²) in [5, 5.41) is 10.5. The molecule has 2 N–H and O–H groups in total. The van der Waals surface area contributed by atoms with Crippen molar-refractivity contribution >= 4 is 22.8 Å². The Labute approximate surface area is 129 Å². The second kappa shape index (κ2) is 6.47. The molecular weight excluding hydrogens is 280 g/mol. The number of likely N-dealkylation sites (N-methyl/N-ethyl adjacent to an activating group) is 1. The highest BCUT2D eigenvalue weighted by Crippen LogP contribution is 2.20. The van der Waals surface area contributed by atoms with Crippen LogP contribution in [-0.2, 0) is 16.0 Å². The van der Waals surface area contributed by atoms with Crippen molar-refractivity contribution in [1.29, 1.82) is 0 Å². The van der Waals surface area contributed by atoms with Gasteiger partial charge in [0.05, 0.1) is 0 Å². The highest BCUT2D eigenvalue weighted by molar-refractivity contribution is 5.92. The molecule has 5 nitrogen and oxygen atoms in total. The molecule has 116 valence electrons. The highest BCUT2D eigenvalue weighted by Gasteiger charge is 2.26. The maximum absolute atomic E-state index is 12.1. The first-order valence-corrected chi connectivity index (χ1v) is 7.09. The average Bonchev–Trinajstić information content (AvgIpc) is 2.86. The van der Waals surface area contributed by atoms with E-state index in [1.54, 1.807) is 20.0 Å². The summed E-state index contributed by atoms with van der Waals surface area (Å²) in [5.41, 5.74) is 2.69. The van der Waals surface area contributed by atoms with Gasteiger partial charge in [0.2, 0.25) is 5.91 Å². The molecule has 0 bridgehead atoms. The molecule has 0 spiro atoms. The number of para-hydroxylation sites is 1. The first-order valence-electron chi connectivity index (χ1n) is 7.09. The first-order chi connectivity index (χ1) is 10.4. The summed E-state index contributed by atoms with van der Waals surface area (Å²) in [6.07, 6.45) is 3.52. The standard InChI is InChI=1S/C17H20N2O3/c1-11(2)8-16(20)19(3)15(17(21)22)9-12-10-18-14-7-5-4-6-13(12)14/h4-8,10,15,18H,9H2,1-3H3,(H,21,22)/t15-/m0/s1. The Balaban J connectivity index is 2.28. The van der Waals surface area contributed by atoms with Crippen molar-refractivity contribution in [1.82, 2.24) is 9.88 Å². The summed E-state index contributed by atoms with van der Waals surface area (Å²) < 4.78 is 0. The van der Waals surface area contributed by atoms with Crippen molar-refractivity contribution in [3.05, 3.63) is 47.7 Å². The predicted molar refractivity (Wildman–Crippen MR) is 85.6 cm³/mol. The smallest absolute Gasteiger partial charge is 0.326 e. The molecule has 0 aliphatic rings. The van der Waals surface area contributed by atoms with Crippen LogP contribution in [0.15, 0.2) is 42.1 Å². The minimum atomic E-state index is -1.01. The van der Waals surface area contributed by atoms with Crippen molar-refractivity contribution < 1.29 is 14.7 Å². The second-order valence-corrected chi connectivity index (χ2v) is 5.59. The molecule has 5 heteroatoms. The number of carboxylic acid groups (broad SMARTS) is 1. The molecule has 0 aliphatic carbocycles. The molecule has 0 aliphatic heterocycles. The maximum atomic E-state index is 12.1. The minimum absolute atomic E-state index is 0.262. The quantitative estimate of drug-likeness (QED) is 0.834. The lowest BCUT2D eigenvalue weighted by Gasteiger charge is -2.23. The zero-order valence-electron chi connectivity index (χ0n) is 13.0. The predicted octanol–water partition coefficient (Wildman–Crippen LogP) is 2.59. The van der Waals surface area contributed by atoms with Gasteiger partial charge in [0.25, 0.3) is 0 Å². The number of hydrogen-bond donors (Lipinski definition) is 2. The van der Waals surface area contributed by atoms with Crippen LogP contribution in [0.2, 0.25) is 0 Å². The first kappa shape index (κ1) is 15.8. The van der Waals surface area contributed by atoms with Gasteiger partial charge in [-0.15, -0.1) is 0 Å². The fourth-order valence-corrected chi connectivity index (χ4v) is 2.40. The number of H-pyrrole nitrogens is 1. The molecule has 1 aromatic carbocycles. The topological polar surface area (TPSA) is 73.4 Å². The van der Waals surface area contributed by atoms with Crippen LogP contribution in [0.25, 0.3) is 10.9 Å². The van der Waals surface area contributed by atoms with E-state index in [1.807, 2.05) is 24.3 Å². The molecule has 2 rings (SSSR count). The Morgan fingerprint density at radius 3 is 2.64 bits per heavy atom. The molecule has 0 saturated carbocycles. The molecule has 1 amide bonds. The number of aromatic nitrogens is 1. The molecular formula is C17H20N2O3. The molecule has 0 saturated heterocycles. The van der Waals surface area contributed by atoms with Gasteiger partial charge in [0.15, 0.2) is 0 Å². The van der Waals surface area contributed by atoms with Gasteiger partial charge in [-0.25, -0.2) is 4.79 Å². The lowest BCUT2D eigenvalue weighted by molar-refractivity contribution is -0.147. The lowest BCUT2D eigenvalue weighted by atomic mass is 10.0. The van der Waals surface area contributed by atoms with E-state index in [2.05, 4.69) is 4.98 Å². The van der Waals surface area contributed by atoms with Crippen LogP contribution in [-0.4, -0.2) is 40.0 Å². The number of nitrogens with zero attached hydrogens (tertiary/aromatic N) is 1. The third-order valence-corrected chi connectivity index (χ3v) is 3.60. The Morgan fingerprint density at radius 1 is 1.32 bits per heavy atom. The number of benzene rings is 1. The van der Waals surface area contributed by atoms with E-state index in [1.165, 1.54) is 18.0 Å². The Bertz CT molecular complexity index is 726. The van der Waals surface area contributed by atoms with Gasteiger partial charge >= 0.3 is 5.97 Å². The fourth-order valence-electron chi connectivity index (χ4n) is 2.40. The SMILES string of the molecule is CC(C)=CC(=O)N(C)[C@@H](Cc1c[nH]c2ccccc12)C(=O)O. The van der Waals surface area contributed by atoms with Crippen LogP contribution in [0.3, 0.4) is 0 Å². The molecule has 2 aromatic rings. The maximum Gasteiger partial charge on any atom is 0.326 e. The number of hydrogen-bond acceptors (Lipinski definition) is 2. The Morgan fingerprint density at radius 2 is 2.00 bits per heavy atom. The number of carbonyl (C=O) groups is 2. The van der Waals surface area contributed by atoms with Crippen LogP contribution in [0.5, 0.6) is 0 Å². The monoisotopic (exact) mass is 300 g/mol. The van der Waals surface area contributed by atoms with Gasteiger partial charge in [-0.3, -0.25) is 4.79 Å². The van der Waals surface area contributed by atoms with Gasteiger partial charge in [-0.05, 0) is 25.5 Å². The summed E-state index contributed by atoms with van der Waals surface area (Å²) in [7, 11) is 1.52. The van der Waals surface area contributed by atoms with Gasteiger partial charge in [-0.1, -0.05) is 23.8 Å². The van der Waals surface area contributed by atoms with Crippen LogP contribution in [0, 0.1) is 0 Å². The van der Waals surface area contributed by atoms with E-state index < -0.39 is 12.0 Å². The van der Waals surface area contributed by atoms with Crippen molar-refractivity contribution in [3.63, 3.8) is 0 Å². The molecule has 1 aromatic heterocycles. The van der Waals surface area contributed by atoms with Crippen LogP contribution in [0.4, 0.5) is 0 Å². The number of carboxylic acids is 1. The third-order valence-electron chi connectivity index (χ3n) is 3.60. The Hall–Kier alpha value is -2.56. The fraction of sp³-hybridized carbons (Fsp3) is 0.294. The van der Waals surface area contributed by atoms with Crippen molar-refractivity contribution in [3.8, 4) is 0 Å². The average molecular weight is 300 g/mol. The third kappa shape index (κ3) is 3.36.